The summed E-state index contributed by atoms with van der Waals surface area (Å²) in [5.74, 6) is -1.45. The summed E-state index contributed by atoms with van der Waals surface area (Å²) >= 11 is 5.93. The molecule has 1 amide bonds. The fourth-order valence-corrected chi connectivity index (χ4v) is 3.40. The zero-order valence-electron chi connectivity index (χ0n) is 16.1. The van der Waals surface area contributed by atoms with Gasteiger partial charge in [-0.3, -0.25) is 9.59 Å². The Morgan fingerprint density at radius 3 is 2.25 bits per heavy atom. The van der Waals surface area contributed by atoms with Gasteiger partial charge in [-0.15, -0.1) is 0 Å². The number of carbonyl (C=O) groups excluding carboxylic acids is 2. The van der Waals surface area contributed by atoms with Crippen molar-refractivity contribution >= 4 is 29.1 Å². The summed E-state index contributed by atoms with van der Waals surface area (Å²) in [5, 5.41) is 11.4. The van der Waals surface area contributed by atoms with Crippen LogP contribution in [0.2, 0.25) is 5.02 Å². The molecule has 1 saturated heterocycles. The number of likely N-dealkylation sites (tertiary alicyclic amines) is 1. The first-order chi connectivity index (χ1) is 13.3. The first kappa shape index (κ1) is 20.1. The summed E-state index contributed by atoms with van der Waals surface area (Å²) in [7, 11) is 3.82. The number of hydrogen-bond donors (Lipinski definition) is 1. The predicted octanol–water partition coefficient (Wildman–Crippen LogP) is 3.63. The van der Waals surface area contributed by atoms with Crippen LogP contribution in [-0.4, -0.2) is 53.8 Å². The average Bonchev–Trinajstić information content (AvgIpc) is 2.91. The Bertz CT molecular complexity index is 918. The van der Waals surface area contributed by atoms with Crippen molar-refractivity contribution in [2.45, 2.75) is 13.0 Å². The number of rotatable bonds is 5. The molecule has 146 valence electrons. The highest BCUT2D eigenvalue weighted by atomic mass is 35.5. The molecule has 1 N–H and O–H groups in total. The molecule has 1 atom stereocenters. The highest BCUT2D eigenvalue weighted by molar-refractivity contribution is 6.46. The molecule has 1 heterocycles. The van der Waals surface area contributed by atoms with Crippen molar-refractivity contribution < 1.29 is 14.7 Å². The number of likely N-dealkylation sites (N-methyl/N-ethyl adjacent to an activating group) is 1. The largest absolute Gasteiger partial charge is 0.507 e. The predicted molar refractivity (Wildman–Crippen MR) is 110 cm³/mol. The summed E-state index contributed by atoms with van der Waals surface area (Å²) in [4.78, 5) is 29.1. The fraction of sp³-hybridized carbons (Fsp3) is 0.273. The number of hydrogen-bond acceptors (Lipinski definition) is 4. The maximum Gasteiger partial charge on any atom is 0.295 e. The van der Waals surface area contributed by atoms with Crippen LogP contribution in [0.3, 0.4) is 0 Å². The lowest BCUT2D eigenvalue weighted by molar-refractivity contribution is -0.140. The van der Waals surface area contributed by atoms with Crippen molar-refractivity contribution in [3.8, 4) is 0 Å². The molecule has 0 aliphatic carbocycles. The second kappa shape index (κ2) is 8.17. The maximum absolute atomic E-state index is 12.8. The molecule has 1 aliphatic heterocycles. The van der Waals surface area contributed by atoms with Gasteiger partial charge >= 0.3 is 0 Å². The van der Waals surface area contributed by atoms with Gasteiger partial charge < -0.3 is 14.9 Å². The molecule has 2 aromatic rings. The van der Waals surface area contributed by atoms with Crippen molar-refractivity contribution in [3.05, 3.63) is 75.8 Å². The maximum atomic E-state index is 12.8. The summed E-state index contributed by atoms with van der Waals surface area (Å²) < 4.78 is 0. The van der Waals surface area contributed by atoms with Gasteiger partial charge in [0.15, 0.2) is 0 Å². The molecule has 28 heavy (non-hydrogen) atoms. The van der Waals surface area contributed by atoms with Gasteiger partial charge in [-0.05, 0) is 50.8 Å². The number of halogens is 1. The Morgan fingerprint density at radius 1 is 1.07 bits per heavy atom. The number of amides is 1. The summed E-state index contributed by atoms with van der Waals surface area (Å²) in [6.45, 7) is 2.96. The van der Waals surface area contributed by atoms with E-state index in [0.717, 1.165) is 11.1 Å². The van der Waals surface area contributed by atoms with Crippen LogP contribution in [0, 0.1) is 6.92 Å². The minimum atomic E-state index is -0.670. The number of aryl methyl sites for hydroxylation is 1. The van der Waals surface area contributed by atoms with Gasteiger partial charge in [0.25, 0.3) is 11.7 Å². The standard InChI is InChI=1S/C22H23ClN2O3/c1-14-4-6-15(7-5-14)19-18(20(26)16-8-10-17(23)11-9-16)21(27)22(28)25(19)13-12-24(2)3/h4-11,19,26H,12-13H2,1-3H3/b20-18-. The van der Waals surface area contributed by atoms with Crippen molar-refractivity contribution in [2.75, 3.05) is 27.2 Å². The lowest BCUT2D eigenvalue weighted by Crippen LogP contribution is -2.35. The Labute approximate surface area is 169 Å². The minimum Gasteiger partial charge on any atom is -0.507 e. The van der Waals surface area contributed by atoms with E-state index in [0.29, 0.717) is 23.7 Å². The molecule has 0 spiro atoms. The average molecular weight is 399 g/mol. The first-order valence-electron chi connectivity index (χ1n) is 9.05. The quantitative estimate of drug-likeness (QED) is 0.474. The summed E-state index contributed by atoms with van der Waals surface area (Å²) in [5.41, 5.74) is 2.42. The van der Waals surface area contributed by atoms with E-state index in [-0.39, 0.29) is 11.3 Å². The lowest BCUT2D eigenvalue weighted by Gasteiger charge is -2.26. The van der Waals surface area contributed by atoms with Gasteiger partial charge in [0, 0.05) is 23.7 Å². The first-order valence-corrected chi connectivity index (χ1v) is 9.43. The van der Waals surface area contributed by atoms with Gasteiger partial charge in [0.2, 0.25) is 0 Å². The van der Waals surface area contributed by atoms with E-state index in [9.17, 15) is 14.7 Å². The van der Waals surface area contributed by atoms with Crippen LogP contribution in [0.15, 0.2) is 54.1 Å². The van der Waals surface area contributed by atoms with Crippen LogP contribution in [0.1, 0.15) is 22.7 Å². The third-order valence-electron chi connectivity index (χ3n) is 4.84. The van der Waals surface area contributed by atoms with E-state index in [1.165, 1.54) is 4.90 Å². The lowest BCUT2D eigenvalue weighted by atomic mass is 9.95. The second-order valence-corrected chi connectivity index (χ2v) is 7.65. The van der Waals surface area contributed by atoms with Crippen LogP contribution in [0.4, 0.5) is 0 Å². The van der Waals surface area contributed by atoms with Crippen LogP contribution in [0.25, 0.3) is 5.76 Å². The monoisotopic (exact) mass is 398 g/mol. The molecule has 1 fully saturated rings. The zero-order chi connectivity index (χ0) is 20.4. The second-order valence-electron chi connectivity index (χ2n) is 7.21. The van der Waals surface area contributed by atoms with E-state index in [4.69, 9.17) is 11.6 Å². The molecule has 5 nitrogen and oxygen atoms in total. The smallest absolute Gasteiger partial charge is 0.295 e. The van der Waals surface area contributed by atoms with Crippen LogP contribution < -0.4 is 0 Å². The molecule has 0 radical (unpaired) electrons. The van der Waals surface area contributed by atoms with Crippen LogP contribution in [-0.2, 0) is 9.59 Å². The third kappa shape index (κ3) is 3.96. The number of ketones is 1. The van der Waals surface area contributed by atoms with Crippen molar-refractivity contribution in [1.29, 1.82) is 0 Å². The normalized spacial score (nSPS) is 18.9. The van der Waals surface area contributed by atoms with E-state index in [1.807, 2.05) is 50.2 Å². The molecule has 0 aromatic heterocycles. The Morgan fingerprint density at radius 2 is 1.68 bits per heavy atom. The molecule has 0 saturated carbocycles. The van der Waals surface area contributed by atoms with E-state index in [1.54, 1.807) is 24.3 Å². The zero-order valence-corrected chi connectivity index (χ0v) is 16.9. The van der Waals surface area contributed by atoms with E-state index < -0.39 is 17.7 Å². The SMILES string of the molecule is Cc1ccc(C2/C(=C(/O)c3ccc(Cl)cc3)C(=O)C(=O)N2CCN(C)C)cc1. The molecule has 2 aromatic carbocycles. The Balaban J connectivity index is 2.13. The van der Waals surface area contributed by atoms with Crippen LogP contribution >= 0.6 is 11.6 Å². The third-order valence-corrected chi connectivity index (χ3v) is 5.09. The van der Waals surface area contributed by atoms with E-state index in [2.05, 4.69) is 0 Å². The molecule has 1 aliphatic rings. The Kier molecular flexibility index (Phi) is 5.87. The molecule has 1 unspecified atom stereocenters. The number of aliphatic hydroxyl groups excluding tert-OH is 1. The molecular weight excluding hydrogens is 376 g/mol. The topological polar surface area (TPSA) is 60.9 Å². The number of carbonyl (C=O) groups is 2. The highest BCUT2D eigenvalue weighted by Crippen LogP contribution is 2.39. The summed E-state index contributed by atoms with van der Waals surface area (Å²) in [6.07, 6.45) is 0. The van der Waals surface area contributed by atoms with Gasteiger partial charge in [0.05, 0.1) is 11.6 Å². The van der Waals surface area contributed by atoms with Crippen molar-refractivity contribution in [1.82, 2.24) is 9.80 Å². The van der Waals surface area contributed by atoms with Crippen molar-refractivity contribution in [2.24, 2.45) is 0 Å². The van der Waals surface area contributed by atoms with Gasteiger partial charge in [0.1, 0.15) is 5.76 Å². The molecule has 0 bridgehead atoms. The van der Waals surface area contributed by atoms with Gasteiger partial charge in [-0.2, -0.15) is 0 Å². The molecular formula is C22H23ClN2O3. The number of Topliss-reactive ketones (excluding diaryl/α,β-unsaturated/α-hetero) is 1. The van der Waals surface area contributed by atoms with E-state index >= 15 is 0 Å². The minimum absolute atomic E-state index is 0.106. The Hall–Kier alpha value is -2.63. The number of aliphatic hydroxyl groups is 1. The van der Waals surface area contributed by atoms with Crippen LogP contribution in [0.5, 0.6) is 0 Å². The van der Waals surface area contributed by atoms with Gasteiger partial charge in [-0.25, -0.2) is 0 Å². The highest BCUT2D eigenvalue weighted by Gasteiger charge is 2.45. The molecule has 6 heteroatoms. The number of nitrogens with zero attached hydrogens (tertiary/aromatic N) is 2. The fourth-order valence-electron chi connectivity index (χ4n) is 3.28. The van der Waals surface area contributed by atoms with Crippen molar-refractivity contribution in [3.63, 3.8) is 0 Å². The number of benzene rings is 2. The molecule has 3 rings (SSSR count). The summed E-state index contributed by atoms with van der Waals surface area (Å²) in [6, 6.07) is 13.6. The van der Waals surface area contributed by atoms with Gasteiger partial charge in [-0.1, -0.05) is 41.4 Å².